The second kappa shape index (κ2) is 6.73. The van der Waals surface area contributed by atoms with Gasteiger partial charge in [0.1, 0.15) is 11.6 Å². The molecule has 0 saturated carbocycles. The maximum absolute atomic E-state index is 11.0. The molecular weight excluding hydrogens is 246 g/mol. The van der Waals surface area contributed by atoms with Gasteiger partial charge in [-0.1, -0.05) is 20.8 Å². The van der Waals surface area contributed by atoms with E-state index in [1.54, 1.807) is 6.20 Å². The Balaban J connectivity index is 2.82. The molecular formula is C13H21N3OS. The number of anilines is 1. The molecule has 0 fully saturated rings. The highest BCUT2D eigenvalue weighted by molar-refractivity contribution is 7.98. The molecule has 18 heavy (non-hydrogen) atoms. The SMILES string of the molecule is CSCCCNc1nc(C(C)(C)C)ncc1C=O. The van der Waals surface area contributed by atoms with Gasteiger partial charge in [-0.2, -0.15) is 11.8 Å². The third kappa shape index (κ3) is 4.29. The topological polar surface area (TPSA) is 54.9 Å². The van der Waals surface area contributed by atoms with Crippen molar-refractivity contribution in [3.63, 3.8) is 0 Å². The van der Waals surface area contributed by atoms with E-state index in [2.05, 4.69) is 42.3 Å². The van der Waals surface area contributed by atoms with Crippen LogP contribution in [0.4, 0.5) is 5.82 Å². The first-order valence-corrected chi connectivity index (χ1v) is 7.44. The number of aldehydes is 1. The van der Waals surface area contributed by atoms with Gasteiger partial charge in [0.15, 0.2) is 6.29 Å². The molecule has 1 aromatic rings. The maximum atomic E-state index is 11.0. The van der Waals surface area contributed by atoms with Crippen molar-refractivity contribution in [1.82, 2.24) is 9.97 Å². The average molecular weight is 267 g/mol. The van der Waals surface area contributed by atoms with Crippen LogP contribution in [-0.2, 0) is 5.41 Å². The zero-order valence-corrected chi connectivity index (χ0v) is 12.3. The number of carbonyl (C=O) groups is 1. The number of aromatic nitrogens is 2. The molecule has 100 valence electrons. The van der Waals surface area contributed by atoms with Gasteiger partial charge in [-0.3, -0.25) is 4.79 Å². The van der Waals surface area contributed by atoms with Gasteiger partial charge < -0.3 is 5.32 Å². The fourth-order valence-corrected chi connectivity index (χ4v) is 1.84. The predicted molar refractivity (Wildman–Crippen MR) is 77.6 cm³/mol. The summed E-state index contributed by atoms with van der Waals surface area (Å²) in [6, 6.07) is 0. The Morgan fingerprint density at radius 1 is 1.44 bits per heavy atom. The molecule has 0 aromatic carbocycles. The molecule has 0 radical (unpaired) electrons. The molecule has 0 saturated heterocycles. The van der Waals surface area contributed by atoms with Crippen LogP contribution in [0.2, 0.25) is 0 Å². The predicted octanol–water partition coefficient (Wildman–Crippen LogP) is 2.75. The summed E-state index contributed by atoms with van der Waals surface area (Å²) >= 11 is 1.81. The molecule has 0 spiro atoms. The van der Waals surface area contributed by atoms with Gasteiger partial charge in [-0.15, -0.1) is 0 Å². The van der Waals surface area contributed by atoms with Crippen molar-refractivity contribution in [3.05, 3.63) is 17.6 Å². The van der Waals surface area contributed by atoms with Crippen molar-refractivity contribution in [2.45, 2.75) is 32.6 Å². The van der Waals surface area contributed by atoms with Gasteiger partial charge in [-0.25, -0.2) is 9.97 Å². The van der Waals surface area contributed by atoms with E-state index in [0.717, 1.165) is 30.8 Å². The van der Waals surface area contributed by atoms with Gasteiger partial charge in [0.05, 0.1) is 5.56 Å². The Hall–Kier alpha value is -1.10. The van der Waals surface area contributed by atoms with Crippen LogP contribution in [0.15, 0.2) is 6.20 Å². The van der Waals surface area contributed by atoms with E-state index in [-0.39, 0.29) is 5.41 Å². The van der Waals surface area contributed by atoms with Crippen LogP contribution in [0, 0.1) is 0 Å². The summed E-state index contributed by atoms with van der Waals surface area (Å²) in [6.45, 7) is 6.99. The van der Waals surface area contributed by atoms with Crippen molar-refractivity contribution in [1.29, 1.82) is 0 Å². The van der Waals surface area contributed by atoms with Crippen molar-refractivity contribution in [2.75, 3.05) is 23.9 Å². The number of thioether (sulfide) groups is 1. The molecule has 1 N–H and O–H groups in total. The molecule has 0 aliphatic rings. The summed E-state index contributed by atoms with van der Waals surface area (Å²) in [7, 11) is 0. The Bertz CT molecular complexity index is 402. The molecule has 0 amide bonds. The normalized spacial score (nSPS) is 11.3. The molecule has 1 aromatic heterocycles. The summed E-state index contributed by atoms with van der Waals surface area (Å²) < 4.78 is 0. The molecule has 0 unspecified atom stereocenters. The first-order valence-electron chi connectivity index (χ1n) is 6.04. The standard InChI is InChI=1S/C13H21N3OS/c1-13(2,3)12-15-8-10(9-17)11(16-12)14-6-5-7-18-4/h8-9H,5-7H2,1-4H3,(H,14,15,16). The lowest BCUT2D eigenvalue weighted by atomic mass is 9.95. The first kappa shape index (κ1) is 15.0. The first-order chi connectivity index (χ1) is 8.49. The summed E-state index contributed by atoms with van der Waals surface area (Å²) in [5, 5.41) is 3.22. The van der Waals surface area contributed by atoms with Crippen molar-refractivity contribution in [3.8, 4) is 0 Å². The zero-order chi connectivity index (χ0) is 13.6. The summed E-state index contributed by atoms with van der Waals surface area (Å²) in [4.78, 5) is 19.6. The van der Waals surface area contributed by atoms with Gasteiger partial charge in [0.25, 0.3) is 0 Å². The van der Waals surface area contributed by atoms with Crippen molar-refractivity contribution < 1.29 is 4.79 Å². The molecule has 4 nitrogen and oxygen atoms in total. The fourth-order valence-electron chi connectivity index (χ4n) is 1.40. The molecule has 0 aliphatic carbocycles. The monoisotopic (exact) mass is 267 g/mol. The van der Waals surface area contributed by atoms with E-state index in [0.29, 0.717) is 11.4 Å². The molecule has 0 atom stereocenters. The summed E-state index contributed by atoms with van der Waals surface area (Å²) in [6.07, 6.45) is 5.52. The summed E-state index contributed by atoms with van der Waals surface area (Å²) in [5.41, 5.74) is 0.407. The van der Waals surface area contributed by atoms with E-state index in [1.807, 2.05) is 11.8 Å². The minimum Gasteiger partial charge on any atom is -0.369 e. The Labute approximate surface area is 113 Å². The number of rotatable bonds is 6. The maximum Gasteiger partial charge on any atom is 0.155 e. The third-order valence-electron chi connectivity index (χ3n) is 2.43. The molecule has 0 aliphatic heterocycles. The number of nitrogens with zero attached hydrogens (tertiary/aromatic N) is 2. The highest BCUT2D eigenvalue weighted by atomic mass is 32.2. The number of nitrogens with one attached hydrogen (secondary N) is 1. The second-order valence-corrected chi connectivity index (χ2v) is 6.12. The van der Waals surface area contributed by atoms with Crippen LogP contribution in [0.3, 0.4) is 0 Å². The highest BCUT2D eigenvalue weighted by Crippen LogP contribution is 2.20. The van der Waals surface area contributed by atoms with Crippen molar-refractivity contribution in [2.24, 2.45) is 0 Å². The van der Waals surface area contributed by atoms with Gasteiger partial charge >= 0.3 is 0 Å². The minimum atomic E-state index is -0.114. The van der Waals surface area contributed by atoms with Crippen LogP contribution in [0.1, 0.15) is 43.4 Å². The lowest BCUT2D eigenvalue weighted by Crippen LogP contribution is -2.18. The Morgan fingerprint density at radius 3 is 2.72 bits per heavy atom. The van der Waals surface area contributed by atoms with E-state index < -0.39 is 0 Å². The van der Waals surface area contributed by atoms with Crippen LogP contribution in [0.25, 0.3) is 0 Å². The van der Waals surface area contributed by atoms with E-state index in [4.69, 9.17) is 0 Å². The molecule has 1 rings (SSSR count). The van der Waals surface area contributed by atoms with Crippen molar-refractivity contribution >= 4 is 23.9 Å². The second-order valence-electron chi connectivity index (χ2n) is 5.14. The van der Waals surface area contributed by atoms with Crippen LogP contribution in [0.5, 0.6) is 0 Å². The highest BCUT2D eigenvalue weighted by Gasteiger charge is 2.18. The quantitative estimate of drug-likeness (QED) is 0.634. The van der Waals surface area contributed by atoms with Gasteiger partial charge in [0, 0.05) is 18.2 Å². The Morgan fingerprint density at radius 2 is 2.17 bits per heavy atom. The van der Waals surface area contributed by atoms with Gasteiger partial charge in [0.2, 0.25) is 0 Å². The van der Waals surface area contributed by atoms with E-state index in [9.17, 15) is 4.79 Å². The van der Waals surface area contributed by atoms with Crippen LogP contribution < -0.4 is 5.32 Å². The lowest BCUT2D eigenvalue weighted by Gasteiger charge is -2.18. The molecule has 1 heterocycles. The van der Waals surface area contributed by atoms with Gasteiger partial charge in [-0.05, 0) is 18.4 Å². The summed E-state index contributed by atoms with van der Waals surface area (Å²) in [5.74, 6) is 2.49. The smallest absolute Gasteiger partial charge is 0.155 e. The van der Waals surface area contributed by atoms with Crippen LogP contribution in [-0.4, -0.2) is 34.8 Å². The van der Waals surface area contributed by atoms with E-state index >= 15 is 0 Å². The minimum absolute atomic E-state index is 0.114. The fraction of sp³-hybridized carbons (Fsp3) is 0.615. The zero-order valence-electron chi connectivity index (χ0n) is 11.5. The molecule has 5 heteroatoms. The number of hydrogen-bond donors (Lipinski definition) is 1. The molecule has 0 bridgehead atoms. The number of carbonyl (C=O) groups excluding carboxylic acids is 1. The largest absolute Gasteiger partial charge is 0.369 e. The Kier molecular flexibility index (Phi) is 5.59. The third-order valence-corrected chi connectivity index (χ3v) is 3.13. The van der Waals surface area contributed by atoms with E-state index in [1.165, 1.54) is 0 Å². The lowest BCUT2D eigenvalue weighted by molar-refractivity contribution is 0.112. The number of hydrogen-bond acceptors (Lipinski definition) is 5. The average Bonchev–Trinajstić information content (AvgIpc) is 2.33. The van der Waals surface area contributed by atoms with Crippen LogP contribution >= 0.6 is 11.8 Å².